The molecule has 1 aliphatic rings. The van der Waals surface area contributed by atoms with Gasteiger partial charge in [0.05, 0.1) is 16.8 Å². The zero-order valence-corrected chi connectivity index (χ0v) is 19.9. The maximum atomic E-state index is 13.1. The van der Waals surface area contributed by atoms with E-state index in [1.807, 2.05) is 19.1 Å². The fourth-order valence-electron chi connectivity index (χ4n) is 3.00. The molecule has 9 heteroatoms. The summed E-state index contributed by atoms with van der Waals surface area (Å²) in [5, 5.41) is 2.60. The van der Waals surface area contributed by atoms with Gasteiger partial charge < -0.3 is 9.47 Å². The van der Waals surface area contributed by atoms with Crippen LogP contribution in [0.4, 0.5) is 5.69 Å². The van der Waals surface area contributed by atoms with Crippen molar-refractivity contribution in [3.05, 3.63) is 63.6 Å². The van der Waals surface area contributed by atoms with E-state index in [1.54, 1.807) is 37.3 Å². The zero-order chi connectivity index (χ0) is 23.3. The minimum Gasteiger partial charge on any atom is -0.481 e. The molecule has 166 valence electrons. The number of benzene rings is 2. The number of hydrogen-bond acceptors (Lipinski definition) is 6. The Labute approximate surface area is 199 Å². The number of carbonyl (C=O) groups is 3. The fraction of sp³-hybridized carbons (Fsp3) is 0.217. The molecule has 0 aromatic heterocycles. The van der Waals surface area contributed by atoms with Gasteiger partial charge in [0.2, 0.25) is 0 Å². The molecule has 0 aliphatic carbocycles. The van der Waals surface area contributed by atoms with E-state index in [9.17, 15) is 14.4 Å². The fourth-order valence-corrected chi connectivity index (χ4v) is 3.79. The number of anilines is 1. The molecule has 3 rings (SSSR count). The average Bonchev–Trinajstić information content (AvgIpc) is 2.76. The number of ether oxygens (including phenoxy) is 2. The van der Waals surface area contributed by atoms with E-state index in [-0.39, 0.29) is 23.9 Å². The molecule has 0 bridgehead atoms. The lowest BCUT2D eigenvalue weighted by atomic mass is 10.1. The topological polar surface area (TPSA) is 84.9 Å². The number of amides is 2. The Balaban J connectivity index is 1.83. The van der Waals surface area contributed by atoms with Gasteiger partial charge in [-0.3, -0.25) is 19.8 Å². The molecule has 0 spiro atoms. The Morgan fingerprint density at radius 2 is 1.88 bits per heavy atom. The SMILES string of the molecule is CCOC(=O)COc1ccc(C=C2C(=O)NC(=S)N(c3ccc(CC)cc3)C2=O)cc1Br. The molecule has 0 radical (unpaired) electrons. The first-order chi connectivity index (χ1) is 15.3. The molecule has 2 aromatic carbocycles. The molecule has 1 saturated heterocycles. The highest BCUT2D eigenvalue weighted by atomic mass is 79.9. The van der Waals surface area contributed by atoms with Gasteiger partial charge in [0.1, 0.15) is 11.3 Å². The number of nitrogens with one attached hydrogen (secondary N) is 1. The third-order valence-electron chi connectivity index (χ3n) is 4.62. The second-order valence-corrected chi connectivity index (χ2v) is 8.00. The van der Waals surface area contributed by atoms with E-state index >= 15 is 0 Å². The highest BCUT2D eigenvalue weighted by Gasteiger charge is 2.34. The number of esters is 1. The first kappa shape index (κ1) is 23.6. The Kier molecular flexibility index (Phi) is 7.76. The first-order valence-corrected chi connectivity index (χ1v) is 11.1. The minimum atomic E-state index is -0.569. The molecule has 7 nitrogen and oxygen atoms in total. The number of aryl methyl sites for hydroxylation is 1. The lowest BCUT2D eigenvalue weighted by Crippen LogP contribution is -2.54. The number of nitrogens with zero attached hydrogens (tertiary/aromatic N) is 1. The predicted molar refractivity (Wildman–Crippen MR) is 128 cm³/mol. The van der Waals surface area contributed by atoms with Crippen LogP contribution in [0.15, 0.2) is 52.5 Å². The van der Waals surface area contributed by atoms with Crippen molar-refractivity contribution in [3.63, 3.8) is 0 Å². The largest absolute Gasteiger partial charge is 0.481 e. The van der Waals surface area contributed by atoms with Crippen LogP contribution in [-0.2, 0) is 25.5 Å². The van der Waals surface area contributed by atoms with Crippen molar-refractivity contribution in [2.45, 2.75) is 20.3 Å². The predicted octanol–water partition coefficient (Wildman–Crippen LogP) is 3.78. The monoisotopic (exact) mass is 516 g/mol. The van der Waals surface area contributed by atoms with Crippen LogP contribution in [-0.4, -0.2) is 36.1 Å². The van der Waals surface area contributed by atoms with Crippen LogP contribution in [0.3, 0.4) is 0 Å². The Morgan fingerprint density at radius 3 is 2.50 bits per heavy atom. The van der Waals surface area contributed by atoms with E-state index in [0.29, 0.717) is 21.5 Å². The van der Waals surface area contributed by atoms with Gasteiger partial charge in [-0.15, -0.1) is 0 Å². The highest BCUT2D eigenvalue weighted by molar-refractivity contribution is 9.10. The molecule has 32 heavy (non-hydrogen) atoms. The number of carbonyl (C=O) groups excluding carboxylic acids is 3. The Morgan fingerprint density at radius 1 is 1.16 bits per heavy atom. The summed E-state index contributed by atoms with van der Waals surface area (Å²) in [5.41, 5.74) is 2.24. The van der Waals surface area contributed by atoms with Crippen molar-refractivity contribution in [3.8, 4) is 5.75 Å². The summed E-state index contributed by atoms with van der Waals surface area (Å²) in [5.74, 6) is -1.13. The van der Waals surface area contributed by atoms with E-state index in [4.69, 9.17) is 21.7 Å². The summed E-state index contributed by atoms with van der Waals surface area (Å²) < 4.78 is 10.8. The van der Waals surface area contributed by atoms with Gasteiger partial charge in [-0.2, -0.15) is 0 Å². The standard InChI is InChI=1S/C23H21BrN2O5S/c1-3-14-5-8-16(9-6-14)26-22(29)17(21(28)25-23(26)32)11-15-7-10-19(18(24)12-15)31-13-20(27)30-4-2/h5-12H,3-4,13H2,1-2H3,(H,25,28,32). The van der Waals surface area contributed by atoms with E-state index in [1.165, 1.54) is 11.0 Å². The van der Waals surface area contributed by atoms with Gasteiger partial charge >= 0.3 is 5.97 Å². The third kappa shape index (κ3) is 5.41. The van der Waals surface area contributed by atoms with Crippen molar-refractivity contribution >= 4 is 62.8 Å². The third-order valence-corrected chi connectivity index (χ3v) is 5.53. The van der Waals surface area contributed by atoms with Gasteiger partial charge in [0, 0.05) is 0 Å². The van der Waals surface area contributed by atoms with Crippen LogP contribution in [0.1, 0.15) is 25.0 Å². The van der Waals surface area contributed by atoms with Crippen LogP contribution in [0, 0.1) is 0 Å². The summed E-state index contributed by atoms with van der Waals surface area (Å²) in [6.07, 6.45) is 2.35. The second kappa shape index (κ2) is 10.5. The highest BCUT2D eigenvalue weighted by Crippen LogP contribution is 2.28. The normalized spacial score (nSPS) is 15.0. The molecule has 1 N–H and O–H groups in total. The number of hydrogen-bond donors (Lipinski definition) is 1. The maximum Gasteiger partial charge on any atom is 0.344 e. The maximum absolute atomic E-state index is 13.1. The van der Waals surface area contributed by atoms with Crippen LogP contribution in [0.25, 0.3) is 6.08 Å². The molecule has 0 unspecified atom stereocenters. The van der Waals surface area contributed by atoms with E-state index in [2.05, 4.69) is 21.2 Å². The molecule has 1 heterocycles. The Hall–Kier alpha value is -3.04. The van der Waals surface area contributed by atoms with Crippen LogP contribution in [0.5, 0.6) is 5.75 Å². The molecular formula is C23H21BrN2O5S. The summed E-state index contributed by atoms with van der Waals surface area (Å²) in [4.78, 5) is 38.4. The summed E-state index contributed by atoms with van der Waals surface area (Å²) in [6, 6.07) is 12.4. The summed E-state index contributed by atoms with van der Waals surface area (Å²) in [7, 11) is 0. The molecular weight excluding hydrogens is 496 g/mol. The summed E-state index contributed by atoms with van der Waals surface area (Å²) in [6.45, 7) is 3.80. The molecule has 0 saturated carbocycles. The van der Waals surface area contributed by atoms with Crippen molar-refractivity contribution in [2.75, 3.05) is 18.1 Å². The van der Waals surface area contributed by atoms with E-state index < -0.39 is 17.8 Å². The van der Waals surface area contributed by atoms with Crippen molar-refractivity contribution < 1.29 is 23.9 Å². The van der Waals surface area contributed by atoms with Gasteiger partial charge in [-0.25, -0.2) is 4.79 Å². The average molecular weight is 517 g/mol. The smallest absolute Gasteiger partial charge is 0.344 e. The molecule has 0 atom stereocenters. The lowest BCUT2D eigenvalue weighted by molar-refractivity contribution is -0.145. The number of halogens is 1. The quantitative estimate of drug-likeness (QED) is 0.261. The molecule has 1 fully saturated rings. The van der Waals surface area contributed by atoms with Gasteiger partial charge in [-0.1, -0.05) is 25.1 Å². The summed E-state index contributed by atoms with van der Waals surface area (Å²) >= 11 is 8.61. The number of rotatable bonds is 7. The molecule has 2 amide bonds. The second-order valence-electron chi connectivity index (χ2n) is 6.76. The van der Waals surface area contributed by atoms with Crippen LogP contribution >= 0.6 is 28.1 Å². The van der Waals surface area contributed by atoms with Crippen molar-refractivity contribution in [2.24, 2.45) is 0 Å². The van der Waals surface area contributed by atoms with Gasteiger partial charge in [-0.05, 0) is 83.0 Å². The van der Waals surface area contributed by atoms with Gasteiger partial charge in [0.15, 0.2) is 11.7 Å². The van der Waals surface area contributed by atoms with Crippen LogP contribution < -0.4 is 15.0 Å². The number of thiocarbonyl (C=S) groups is 1. The van der Waals surface area contributed by atoms with Crippen LogP contribution in [0.2, 0.25) is 0 Å². The minimum absolute atomic E-state index is 0.0327. The van der Waals surface area contributed by atoms with Crippen molar-refractivity contribution in [1.29, 1.82) is 0 Å². The van der Waals surface area contributed by atoms with Gasteiger partial charge in [0.25, 0.3) is 11.8 Å². The van der Waals surface area contributed by atoms with E-state index in [0.717, 1.165) is 12.0 Å². The molecule has 2 aromatic rings. The first-order valence-electron chi connectivity index (χ1n) is 9.92. The Bertz CT molecular complexity index is 1100. The molecule has 1 aliphatic heterocycles. The lowest BCUT2D eigenvalue weighted by Gasteiger charge is -2.29. The van der Waals surface area contributed by atoms with Crippen molar-refractivity contribution in [1.82, 2.24) is 5.32 Å². The zero-order valence-electron chi connectivity index (χ0n) is 17.5.